The van der Waals surface area contributed by atoms with Crippen LogP contribution in [0.15, 0.2) is 54.6 Å². The molecule has 1 nitrogen and oxygen atoms in total. The molecule has 0 amide bonds. The van der Waals surface area contributed by atoms with Crippen LogP contribution >= 0.6 is 49.6 Å². The van der Waals surface area contributed by atoms with Crippen molar-refractivity contribution in [1.82, 2.24) is 0 Å². The lowest BCUT2D eigenvalue weighted by Gasteiger charge is -2.00. The fourth-order valence-corrected chi connectivity index (χ4v) is 1.31. The molecule has 5 heteroatoms. The Hall–Kier alpha value is -0.600. The van der Waals surface area contributed by atoms with Crippen LogP contribution in [0.3, 0.4) is 0 Å². The normalized spacial score (nSPS) is 7.53. The Bertz CT molecular complexity index is 389. The highest BCUT2D eigenvalue weighted by molar-refractivity contribution is 5.86. The van der Waals surface area contributed by atoms with Crippen LogP contribution in [-0.2, 0) is 0 Å². The third kappa shape index (κ3) is 6.04. The van der Waals surface area contributed by atoms with Crippen LogP contribution in [-0.4, -0.2) is 0 Å². The second-order valence-electron chi connectivity index (χ2n) is 2.99. The van der Waals surface area contributed by atoms with E-state index in [4.69, 9.17) is 5.73 Å². The topological polar surface area (TPSA) is 26.0 Å². The molecule has 0 spiro atoms. The van der Waals surface area contributed by atoms with Crippen LogP contribution in [0.2, 0.25) is 0 Å². The van der Waals surface area contributed by atoms with Crippen LogP contribution in [0.25, 0.3) is 11.1 Å². The summed E-state index contributed by atoms with van der Waals surface area (Å²) < 4.78 is 0. The maximum atomic E-state index is 5.60. The highest BCUT2D eigenvalue weighted by Crippen LogP contribution is 2.19. The van der Waals surface area contributed by atoms with Crippen molar-refractivity contribution in [2.45, 2.75) is 0 Å². The average Bonchev–Trinajstić information content (AvgIpc) is 2.20. The maximum Gasteiger partial charge on any atom is 0.0314 e. The number of nitrogens with two attached hydrogens (primary N) is 1. The van der Waals surface area contributed by atoms with Gasteiger partial charge in [-0.25, -0.2) is 0 Å². The minimum atomic E-state index is 0. The van der Waals surface area contributed by atoms with Crippen LogP contribution in [0, 0.1) is 0 Å². The van der Waals surface area contributed by atoms with Gasteiger partial charge in [-0.05, 0) is 23.3 Å². The van der Waals surface area contributed by atoms with Crippen molar-refractivity contribution >= 4 is 55.3 Å². The van der Waals surface area contributed by atoms with Crippen LogP contribution in [0.4, 0.5) is 5.69 Å². The molecule has 0 unspecified atom stereocenters. The van der Waals surface area contributed by atoms with Gasteiger partial charge in [0.25, 0.3) is 0 Å². The Morgan fingerprint density at radius 3 is 1.41 bits per heavy atom. The van der Waals surface area contributed by atoms with Crippen LogP contribution in [0.1, 0.15) is 0 Å². The first kappa shape index (κ1) is 21.7. The highest BCUT2D eigenvalue weighted by Gasteiger charge is 1.94. The summed E-state index contributed by atoms with van der Waals surface area (Å²) in [6.07, 6.45) is 0. The minimum absolute atomic E-state index is 0. The summed E-state index contributed by atoms with van der Waals surface area (Å²) in [6, 6.07) is 18.2. The molecule has 0 heterocycles. The van der Waals surface area contributed by atoms with E-state index in [0.717, 1.165) is 5.69 Å². The molecule has 0 fully saturated rings. The Labute approximate surface area is 126 Å². The average molecular weight is 315 g/mol. The molecule has 96 valence electrons. The number of anilines is 1. The number of hydrogen-bond donors (Lipinski definition) is 1. The Morgan fingerprint density at radius 2 is 0.941 bits per heavy atom. The van der Waals surface area contributed by atoms with Crippen LogP contribution in [0.5, 0.6) is 0 Å². The maximum absolute atomic E-state index is 5.60. The zero-order chi connectivity index (χ0) is 9.10. The smallest absolute Gasteiger partial charge is 0.0314 e. The first-order valence-electron chi connectivity index (χ1n) is 4.27. The molecule has 0 aliphatic rings. The molecule has 2 aromatic carbocycles. The summed E-state index contributed by atoms with van der Waals surface area (Å²) in [5, 5.41) is 0. The summed E-state index contributed by atoms with van der Waals surface area (Å²) in [6.45, 7) is 0. The van der Waals surface area contributed by atoms with E-state index >= 15 is 0 Å². The third-order valence-corrected chi connectivity index (χ3v) is 2.02. The SMILES string of the molecule is Cl.Cl.Cl.Cl.Nc1ccc(-c2ccccc2)cc1. The van der Waals surface area contributed by atoms with E-state index in [1.807, 2.05) is 42.5 Å². The largest absolute Gasteiger partial charge is 0.399 e. The molecular weight excluding hydrogens is 300 g/mol. The van der Waals surface area contributed by atoms with Gasteiger partial charge in [-0.3, -0.25) is 0 Å². The van der Waals surface area contributed by atoms with Gasteiger partial charge in [0.15, 0.2) is 0 Å². The summed E-state index contributed by atoms with van der Waals surface area (Å²) >= 11 is 0. The first-order valence-corrected chi connectivity index (χ1v) is 4.27. The number of hydrogen-bond acceptors (Lipinski definition) is 1. The number of halogens is 4. The quantitative estimate of drug-likeness (QED) is 0.763. The lowest BCUT2D eigenvalue weighted by atomic mass is 10.1. The first-order chi connectivity index (χ1) is 6.36. The van der Waals surface area contributed by atoms with Crippen molar-refractivity contribution in [2.24, 2.45) is 0 Å². The molecule has 2 N–H and O–H groups in total. The second-order valence-corrected chi connectivity index (χ2v) is 2.99. The second kappa shape index (κ2) is 10.5. The van der Waals surface area contributed by atoms with Gasteiger partial charge in [0.1, 0.15) is 0 Å². The molecular formula is C12H15Cl4N. The van der Waals surface area contributed by atoms with Crippen molar-refractivity contribution in [3.63, 3.8) is 0 Å². The van der Waals surface area contributed by atoms with E-state index in [2.05, 4.69) is 12.1 Å². The molecule has 0 saturated carbocycles. The predicted molar refractivity (Wildman–Crippen MR) is 85.3 cm³/mol. The fraction of sp³-hybridized carbons (Fsp3) is 0. The Morgan fingerprint density at radius 1 is 0.529 bits per heavy atom. The lowest BCUT2D eigenvalue weighted by molar-refractivity contribution is 1.61. The molecule has 2 aromatic rings. The molecule has 0 aliphatic carbocycles. The van der Waals surface area contributed by atoms with Gasteiger partial charge in [0.2, 0.25) is 0 Å². The zero-order valence-corrected chi connectivity index (χ0v) is 12.2. The van der Waals surface area contributed by atoms with Gasteiger partial charge in [-0.15, -0.1) is 49.6 Å². The molecule has 2 rings (SSSR count). The monoisotopic (exact) mass is 313 g/mol. The van der Waals surface area contributed by atoms with Crippen molar-refractivity contribution in [3.8, 4) is 11.1 Å². The van der Waals surface area contributed by atoms with E-state index in [-0.39, 0.29) is 49.6 Å². The fourth-order valence-electron chi connectivity index (χ4n) is 1.31. The van der Waals surface area contributed by atoms with Gasteiger partial charge >= 0.3 is 0 Å². The molecule has 0 radical (unpaired) electrons. The van der Waals surface area contributed by atoms with Gasteiger partial charge in [0, 0.05) is 5.69 Å². The molecule has 0 saturated heterocycles. The number of benzene rings is 2. The predicted octanol–water partition coefficient (Wildman–Crippen LogP) is 4.62. The van der Waals surface area contributed by atoms with Crippen molar-refractivity contribution in [3.05, 3.63) is 54.6 Å². The standard InChI is InChI=1S/C12H11N.4ClH/c13-12-8-6-11(7-9-12)10-4-2-1-3-5-10;;;;/h1-9H,13H2;4*1H. The molecule has 0 aromatic heterocycles. The van der Waals surface area contributed by atoms with Crippen molar-refractivity contribution in [2.75, 3.05) is 5.73 Å². The van der Waals surface area contributed by atoms with E-state index in [1.165, 1.54) is 11.1 Å². The zero-order valence-electron chi connectivity index (χ0n) is 8.91. The van der Waals surface area contributed by atoms with E-state index < -0.39 is 0 Å². The van der Waals surface area contributed by atoms with E-state index in [9.17, 15) is 0 Å². The van der Waals surface area contributed by atoms with E-state index in [1.54, 1.807) is 0 Å². The molecule has 0 atom stereocenters. The minimum Gasteiger partial charge on any atom is -0.399 e. The summed E-state index contributed by atoms with van der Waals surface area (Å²) in [5.74, 6) is 0. The lowest BCUT2D eigenvalue weighted by Crippen LogP contribution is -1.83. The summed E-state index contributed by atoms with van der Waals surface area (Å²) in [4.78, 5) is 0. The summed E-state index contributed by atoms with van der Waals surface area (Å²) in [5.41, 5.74) is 8.84. The van der Waals surface area contributed by atoms with Crippen LogP contribution < -0.4 is 5.73 Å². The van der Waals surface area contributed by atoms with Crippen molar-refractivity contribution < 1.29 is 0 Å². The molecule has 17 heavy (non-hydrogen) atoms. The van der Waals surface area contributed by atoms with E-state index in [0.29, 0.717) is 0 Å². The van der Waals surface area contributed by atoms with Gasteiger partial charge in [0.05, 0.1) is 0 Å². The summed E-state index contributed by atoms with van der Waals surface area (Å²) in [7, 11) is 0. The van der Waals surface area contributed by atoms with Gasteiger partial charge < -0.3 is 5.73 Å². The van der Waals surface area contributed by atoms with Gasteiger partial charge in [-0.2, -0.15) is 0 Å². The number of nitrogen functional groups attached to an aromatic ring is 1. The Balaban J connectivity index is -0.000000490. The molecule has 0 bridgehead atoms. The highest BCUT2D eigenvalue weighted by atomic mass is 35.5. The van der Waals surface area contributed by atoms with Gasteiger partial charge in [-0.1, -0.05) is 42.5 Å². The number of rotatable bonds is 1. The Kier molecular flexibility index (Phi) is 13.4. The van der Waals surface area contributed by atoms with Crippen molar-refractivity contribution in [1.29, 1.82) is 0 Å². The third-order valence-electron chi connectivity index (χ3n) is 2.02. The molecule has 0 aliphatic heterocycles.